The summed E-state index contributed by atoms with van der Waals surface area (Å²) in [4.78, 5) is 12.4. The molecule has 0 aromatic heterocycles. The van der Waals surface area contributed by atoms with Crippen LogP contribution in [-0.4, -0.2) is 26.7 Å². The summed E-state index contributed by atoms with van der Waals surface area (Å²) in [7, 11) is 2.99. The zero-order valence-corrected chi connectivity index (χ0v) is 14.9. The first-order valence-electron chi connectivity index (χ1n) is 7.86. The second-order valence-corrected chi connectivity index (χ2v) is 5.21. The molecule has 27 heavy (non-hydrogen) atoms. The summed E-state index contributed by atoms with van der Waals surface area (Å²) < 4.78 is 15.6. The average molecular weight is 363 g/mol. The Hall–Kier alpha value is -3.97. The first-order valence-corrected chi connectivity index (χ1v) is 7.86. The highest BCUT2D eigenvalue weighted by Crippen LogP contribution is 2.29. The lowest BCUT2D eigenvalue weighted by molar-refractivity contribution is -0.112. The van der Waals surface area contributed by atoms with Crippen LogP contribution in [-0.2, 0) is 4.79 Å². The van der Waals surface area contributed by atoms with Gasteiger partial charge in [-0.15, -0.1) is 0 Å². The molecule has 136 valence electrons. The summed E-state index contributed by atoms with van der Waals surface area (Å²) in [5.74, 6) is 0.836. The fourth-order valence-corrected chi connectivity index (χ4v) is 2.22. The van der Waals surface area contributed by atoms with Crippen LogP contribution >= 0.6 is 0 Å². The largest absolute Gasteiger partial charge is 0.497 e. The van der Waals surface area contributed by atoms with Crippen LogP contribution in [0.1, 0.15) is 5.56 Å². The van der Waals surface area contributed by atoms with Gasteiger partial charge in [0.25, 0.3) is 5.91 Å². The molecular weight excluding hydrogens is 346 g/mol. The maximum absolute atomic E-state index is 12.4. The highest BCUT2D eigenvalue weighted by molar-refractivity contribution is 6.09. The molecule has 0 heterocycles. The van der Waals surface area contributed by atoms with Gasteiger partial charge in [-0.3, -0.25) is 4.79 Å². The molecule has 7 heteroatoms. The molecule has 0 saturated heterocycles. The van der Waals surface area contributed by atoms with Gasteiger partial charge in [-0.05, 0) is 35.9 Å². The second kappa shape index (κ2) is 9.50. The average Bonchev–Trinajstić information content (AvgIpc) is 2.70. The van der Waals surface area contributed by atoms with Gasteiger partial charge in [-0.2, -0.15) is 10.5 Å². The van der Waals surface area contributed by atoms with Gasteiger partial charge in [0.15, 0.2) is 18.1 Å². The molecule has 0 fully saturated rings. The van der Waals surface area contributed by atoms with Crippen molar-refractivity contribution >= 4 is 17.7 Å². The zero-order chi connectivity index (χ0) is 19.6. The third-order valence-electron chi connectivity index (χ3n) is 3.48. The Bertz CT molecular complexity index is 939. The molecule has 2 aromatic carbocycles. The van der Waals surface area contributed by atoms with Crippen LogP contribution in [0.2, 0.25) is 0 Å². The maximum atomic E-state index is 12.4. The summed E-state index contributed by atoms with van der Waals surface area (Å²) in [6.45, 7) is -0.113. The SMILES string of the molecule is COc1cccc(NC(=O)/C(C#N)=C/c2ccc(OCC#N)c(OC)c2)c1. The van der Waals surface area contributed by atoms with E-state index >= 15 is 0 Å². The zero-order valence-electron chi connectivity index (χ0n) is 14.9. The maximum Gasteiger partial charge on any atom is 0.266 e. The van der Waals surface area contributed by atoms with Crippen molar-refractivity contribution in [3.8, 4) is 29.4 Å². The standard InChI is InChI=1S/C20H17N3O4/c1-25-17-5-3-4-16(12-17)23-20(24)15(13-22)10-14-6-7-18(27-9-8-21)19(11-14)26-2/h3-7,10-12H,9H2,1-2H3,(H,23,24)/b15-10+. The Morgan fingerprint density at radius 2 is 1.93 bits per heavy atom. The number of ether oxygens (including phenoxy) is 3. The summed E-state index contributed by atoms with van der Waals surface area (Å²) in [6.07, 6.45) is 1.44. The van der Waals surface area contributed by atoms with Crippen LogP contribution in [0.4, 0.5) is 5.69 Å². The Kier molecular flexibility index (Phi) is 6.81. The Balaban J connectivity index is 2.23. The minimum Gasteiger partial charge on any atom is -0.497 e. The number of nitrogens with zero attached hydrogens (tertiary/aromatic N) is 2. The van der Waals surface area contributed by atoms with E-state index in [9.17, 15) is 10.1 Å². The molecule has 2 aromatic rings. The van der Waals surface area contributed by atoms with E-state index < -0.39 is 5.91 Å². The van der Waals surface area contributed by atoms with Crippen molar-refractivity contribution in [2.45, 2.75) is 0 Å². The van der Waals surface area contributed by atoms with Gasteiger partial charge < -0.3 is 19.5 Å². The Morgan fingerprint density at radius 3 is 2.59 bits per heavy atom. The summed E-state index contributed by atoms with van der Waals surface area (Å²) in [5.41, 5.74) is 1.01. The molecule has 2 rings (SSSR count). The predicted molar refractivity (Wildman–Crippen MR) is 99.3 cm³/mol. The Labute approximate surface area is 157 Å². The first-order chi connectivity index (χ1) is 13.1. The van der Waals surface area contributed by atoms with Crippen molar-refractivity contribution < 1.29 is 19.0 Å². The number of rotatable bonds is 7. The molecule has 1 amide bonds. The van der Waals surface area contributed by atoms with Crippen molar-refractivity contribution in [3.05, 3.63) is 53.6 Å². The van der Waals surface area contributed by atoms with Crippen molar-refractivity contribution in [1.82, 2.24) is 0 Å². The van der Waals surface area contributed by atoms with E-state index in [0.717, 1.165) is 0 Å². The third-order valence-corrected chi connectivity index (χ3v) is 3.48. The van der Waals surface area contributed by atoms with E-state index in [1.807, 2.05) is 12.1 Å². The molecule has 0 aliphatic rings. The number of hydrogen-bond acceptors (Lipinski definition) is 6. The lowest BCUT2D eigenvalue weighted by atomic mass is 10.1. The first kappa shape index (κ1) is 19.4. The fourth-order valence-electron chi connectivity index (χ4n) is 2.22. The number of carbonyl (C=O) groups is 1. The molecule has 0 bridgehead atoms. The van der Waals surface area contributed by atoms with Crippen molar-refractivity contribution in [2.24, 2.45) is 0 Å². The molecule has 0 aliphatic heterocycles. The van der Waals surface area contributed by atoms with Crippen molar-refractivity contribution in [2.75, 3.05) is 26.1 Å². The van der Waals surface area contributed by atoms with Gasteiger partial charge in [-0.1, -0.05) is 12.1 Å². The number of nitrogens with one attached hydrogen (secondary N) is 1. The Morgan fingerprint density at radius 1 is 1.11 bits per heavy atom. The number of amides is 1. The molecule has 0 aliphatic carbocycles. The monoisotopic (exact) mass is 363 g/mol. The molecule has 0 unspecified atom stereocenters. The van der Waals surface area contributed by atoms with Crippen molar-refractivity contribution in [3.63, 3.8) is 0 Å². The number of anilines is 1. The van der Waals surface area contributed by atoms with Gasteiger partial charge in [0, 0.05) is 11.8 Å². The van der Waals surface area contributed by atoms with Gasteiger partial charge in [0.1, 0.15) is 23.5 Å². The third kappa shape index (κ3) is 5.25. The second-order valence-electron chi connectivity index (χ2n) is 5.21. The lowest BCUT2D eigenvalue weighted by Crippen LogP contribution is -2.13. The van der Waals surface area contributed by atoms with Crippen LogP contribution in [0.25, 0.3) is 6.08 Å². The molecule has 1 N–H and O–H groups in total. The van der Waals surface area contributed by atoms with E-state index in [-0.39, 0.29) is 12.2 Å². The highest BCUT2D eigenvalue weighted by Gasteiger charge is 2.11. The van der Waals surface area contributed by atoms with Crippen LogP contribution in [0.5, 0.6) is 17.2 Å². The molecule has 7 nitrogen and oxygen atoms in total. The van der Waals surface area contributed by atoms with Gasteiger partial charge >= 0.3 is 0 Å². The lowest BCUT2D eigenvalue weighted by Gasteiger charge is -2.09. The van der Waals surface area contributed by atoms with Crippen LogP contribution in [0, 0.1) is 22.7 Å². The van der Waals surface area contributed by atoms with Gasteiger partial charge in [-0.25, -0.2) is 0 Å². The van der Waals surface area contributed by atoms with Crippen molar-refractivity contribution in [1.29, 1.82) is 10.5 Å². The van der Waals surface area contributed by atoms with Gasteiger partial charge in [0.05, 0.1) is 14.2 Å². The number of nitriles is 2. The van der Waals surface area contributed by atoms with Crippen LogP contribution in [0.3, 0.4) is 0 Å². The normalized spacial score (nSPS) is 10.3. The minimum atomic E-state index is -0.547. The topological polar surface area (TPSA) is 104 Å². The van der Waals surface area contributed by atoms with E-state index in [1.54, 1.807) is 42.5 Å². The summed E-state index contributed by atoms with van der Waals surface area (Å²) >= 11 is 0. The van der Waals surface area contributed by atoms with E-state index in [0.29, 0.717) is 28.5 Å². The highest BCUT2D eigenvalue weighted by atomic mass is 16.5. The summed E-state index contributed by atoms with van der Waals surface area (Å²) in [5, 5.41) is 20.6. The minimum absolute atomic E-state index is 0.0782. The smallest absolute Gasteiger partial charge is 0.266 e. The quantitative estimate of drug-likeness (QED) is 0.598. The fraction of sp³-hybridized carbons (Fsp3) is 0.150. The number of carbonyl (C=O) groups excluding carboxylic acids is 1. The van der Waals surface area contributed by atoms with E-state index in [4.69, 9.17) is 19.5 Å². The van der Waals surface area contributed by atoms with E-state index in [1.165, 1.54) is 20.3 Å². The number of benzene rings is 2. The molecule has 0 spiro atoms. The number of hydrogen-bond donors (Lipinski definition) is 1. The molecule has 0 saturated carbocycles. The molecular formula is C20H17N3O4. The predicted octanol–water partition coefficient (Wildman–Crippen LogP) is 3.15. The van der Waals surface area contributed by atoms with Crippen LogP contribution in [0.15, 0.2) is 48.0 Å². The molecule has 0 radical (unpaired) electrons. The molecule has 0 atom stereocenters. The van der Waals surface area contributed by atoms with E-state index in [2.05, 4.69) is 5.32 Å². The number of methoxy groups -OCH3 is 2. The van der Waals surface area contributed by atoms with Gasteiger partial charge in [0.2, 0.25) is 0 Å². The summed E-state index contributed by atoms with van der Waals surface area (Å²) in [6, 6.07) is 15.5. The van der Waals surface area contributed by atoms with Crippen LogP contribution < -0.4 is 19.5 Å².